The lowest BCUT2D eigenvalue weighted by Gasteiger charge is -2.22. The molecule has 0 saturated carbocycles. The average molecular weight is 264 g/mol. The van der Waals surface area contributed by atoms with Crippen molar-refractivity contribution in [2.24, 2.45) is 0 Å². The van der Waals surface area contributed by atoms with E-state index in [1.54, 1.807) is 6.20 Å². The number of ether oxygens (including phenoxy) is 1. The Morgan fingerprint density at radius 2 is 2.26 bits per heavy atom. The molecule has 2 aliphatic rings. The molecule has 0 aromatic carbocycles. The molecular formula is C13H20N4O2. The lowest BCUT2D eigenvalue weighted by molar-refractivity contribution is -0.124. The molecule has 0 radical (unpaired) electrons. The molecule has 1 aromatic heterocycles. The van der Waals surface area contributed by atoms with Crippen molar-refractivity contribution in [3.63, 3.8) is 0 Å². The largest absolute Gasteiger partial charge is 0.368 e. The number of anilines is 1. The topological polar surface area (TPSA) is 68.2 Å². The lowest BCUT2D eigenvalue weighted by atomic mass is 10.1. The van der Waals surface area contributed by atoms with E-state index in [1.165, 1.54) is 0 Å². The first-order valence-corrected chi connectivity index (χ1v) is 7.00. The molecule has 1 atom stereocenters. The zero-order valence-corrected chi connectivity index (χ0v) is 11.0. The quantitative estimate of drug-likeness (QED) is 0.852. The molecule has 104 valence electrons. The van der Waals surface area contributed by atoms with Gasteiger partial charge in [0.25, 0.3) is 5.91 Å². The Bertz CT molecular complexity index is 434. The summed E-state index contributed by atoms with van der Waals surface area (Å²) in [4.78, 5) is 11.9. The Morgan fingerprint density at radius 1 is 1.42 bits per heavy atom. The van der Waals surface area contributed by atoms with Crippen LogP contribution in [0.2, 0.25) is 0 Å². The molecule has 0 aliphatic carbocycles. The van der Waals surface area contributed by atoms with Gasteiger partial charge < -0.3 is 15.4 Å². The third-order valence-electron chi connectivity index (χ3n) is 3.77. The van der Waals surface area contributed by atoms with E-state index in [1.807, 2.05) is 10.9 Å². The van der Waals surface area contributed by atoms with Crippen LogP contribution in [0, 0.1) is 0 Å². The highest BCUT2D eigenvalue weighted by Gasteiger charge is 2.24. The van der Waals surface area contributed by atoms with Crippen LogP contribution < -0.4 is 10.6 Å². The molecule has 0 spiro atoms. The van der Waals surface area contributed by atoms with Gasteiger partial charge in [0.05, 0.1) is 17.9 Å². The zero-order valence-electron chi connectivity index (χ0n) is 11.0. The SMILES string of the molecule is O=C(Nc1cnn(C2CCNCC2)c1)[C@@H]1CCCO1. The Kier molecular flexibility index (Phi) is 3.79. The van der Waals surface area contributed by atoms with Gasteiger partial charge in [-0.15, -0.1) is 0 Å². The van der Waals surface area contributed by atoms with Crippen LogP contribution >= 0.6 is 0 Å². The summed E-state index contributed by atoms with van der Waals surface area (Å²) < 4.78 is 7.33. The second-order valence-electron chi connectivity index (χ2n) is 5.18. The Balaban J connectivity index is 1.59. The minimum atomic E-state index is -0.290. The van der Waals surface area contributed by atoms with E-state index in [0.29, 0.717) is 12.6 Å². The fraction of sp³-hybridized carbons (Fsp3) is 0.692. The number of nitrogens with zero attached hydrogens (tertiary/aromatic N) is 2. The predicted molar refractivity (Wildman–Crippen MR) is 71.0 cm³/mol. The van der Waals surface area contributed by atoms with E-state index in [4.69, 9.17) is 4.74 Å². The van der Waals surface area contributed by atoms with Crippen LogP contribution in [-0.2, 0) is 9.53 Å². The van der Waals surface area contributed by atoms with Gasteiger partial charge in [-0.25, -0.2) is 0 Å². The number of nitrogens with one attached hydrogen (secondary N) is 2. The molecule has 1 amide bonds. The normalized spacial score (nSPS) is 24.5. The number of carbonyl (C=O) groups excluding carboxylic acids is 1. The summed E-state index contributed by atoms with van der Waals surface area (Å²) in [5.41, 5.74) is 0.763. The molecule has 3 heterocycles. The molecule has 2 fully saturated rings. The van der Waals surface area contributed by atoms with Crippen LogP contribution in [0.3, 0.4) is 0 Å². The summed E-state index contributed by atoms with van der Waals surface area (Å²) in [7, 11) is 0. The van der Waals surface area contributed by atoms with Crippen LogP contribution in [0.5, 0.6) is 0 Å². The van der Waals surface area contributed by atoms with E-state index < -0.39 is 0 Å². The van der Waals surface area contributed by atoms with Crippen molar-refractivity contribution in [1.82, 2.24) is 15.1 Å². The van der Waals surface area contributed by atoms with Gasteiger partial charge >= 0.3 is 0 Å². The molecule has 6 heteroatoms. The fourth-order valence-electron chi connectivity index (χ4n) is 2.68. The average Bonchev–Trinajstić information content (AvgIpc) is 3.11. The molecule has 1 aromatic rings. The standard InChI is InChI=1S/C13H20N4O2/c18-13(12-2-1-7-19-12)16-10-8-15-17(9-10)11-3-5-14-6-4-11/h8-9,11-12,14H,1-7H2,(H,16,18)/t12-/m0/s1. The van der Waals surface area contributed by atoms with E-state index >= 15 is 0 Å². The number of hydrogen-bond donors (Lipinski definition) is 2. The third-order valence-corrected chi connectivity index (χ3v) is 3.77. The molecule has 6 nitrogen and oxygen atoms in total. The molecule has 2 N–H and O–H groups in total. The summed E-state index contributed by atoms with van der Waals surface area (Å²) in [6.07, 6.45) is 7.29. The van der Waals surface area contributed by atoms with Crippen LogP contribution in [0.25, 0.3) is 0 Å². The van der Waals surface area contributed by atoms with Crippen LogP contribution in [0.15, 0.2) is 12.4 Å². The minimum absolute atomic E-state index is 0.0534. The smallest absolute Gasteiger partial charge is 0.253 e. The van der Waals surface area contributed by atoms with Gasteiger partial charge in [0.2, 0.25) is 0 Å². The maximum absolute atomic E-state index is 11.9. The van der Waals surface area contributed by atoms with Gasteiger partial charge in [0, 0.05) is 12.8 Å². The number of rotatable bonds is 3. The highest BCUT2D eigenvalue weighted by Crippen LogP contribution is 2.20. The maximum Gasteiger partial charge on any atom is 0.253 e. The highest BCUT2D eigenvalue weighted by atomic mass is 16.5. The molecule has 0 unspecified atom stereocenters. The van der Waals surface area contributed by atoms with Gasteiger partial charge in [-0.1, -0.05) is 0 Å². The first-order chi connectivity index (χ1) is 9.33. The van der Waals surface area contributed by atoms with Crippen molar-refractivity contribution in [2.75, 3.05) is 25.0 Å². The van der Waals surface area contributed by atoms with Crippen molar-refractivity contribution in [2.45, 2.75) is 37.8 Å². The van der Waals surface area contributed by atoms with Crippen molar-refractivity contribution in [3.05, 3.63) is 12.4 Å². The van der Waals surface area contributed by atoms with Gasteiger partial charge in [-0.3, -0.25) is 9.48 Å². The zero-order chi connectivity index (χ0) is 13.1. The maximum atomic E-state index is 11.9. The third kappa shape index (κ3) is 2.96. The summed E-state index contributed by atoms with van der Waals surface area (Å²) in [6.45, 7) is 2.75. The molecular weight excluding hydrogens is 244 g/mol. The van der Waals surface area contributed by atoms with Gasteiger partial charge in [-0.2, -0.15) is 5.10 Å². The highest BCUT2D eigenvalue weighted by molar-refractivity contribution is 5.94. The van der Waals surface area contributed by atoms with E-state index in [2.05, 4.69) is 15.7 Å². The van der Waals surface area contributed by atoms with Gasteiger partial charge in [0.15, 0.2) is 0 Å². The fourth-order valence-corrected chi connectivity index (χ4v) is 2.68. The molecule has 3 rings (SSSR count). The first-order valence-electron chi connectivity index (χ1n) is 7.00. The Hall–Kier alpha value is -1.40. The van der Waals surface area contributed by atoms with Crippen molar-refractivity contribution >= 4 is 11.6 Å². The minimum Gasteiger partial charge on any atom is -0.368 e. The number of piperidine rings is 1. The number of hydrogen-bond acceptors (Lipinski definition) is 4. The summed E-state index contributed by atoms with van der Waals surface area (Å²) in [5, 5.41) is 10.6. The number of carbonyl (C=O) groups is 1. The Morgan fingerprint density at radius 3 is 3.00 bits per heavy atom. The van der Waals surface area contributed by atoms with Gasteiger partial charge in [0.1, 0.15) is 6.10 Å². The summed E-state index contributed by atoms with van der Waals surface area (Å²) >= 11 is 0. The number of aromatic nitrogens is 2. The van der Waals surface area contributed by atoms with Crippen molar-refractivity contribution in [3.8, 4) is 0 Å². The van der Waals surface area contributed by atoms with Crippen molar-refractivity contribution in [1.29, 1.82) is 0 Å². The van der Waals surface area contributed by atoms with E-state index in [9.17, 15) is 4.79 Å². The summed E-state index contributed by atoms with van der Waals surface area (Å²) in [5.74, 6) is -0.0534. The Labute approximate surface area is 112 Å². The monoisotopic (exact) mass is 264 g/mol. The summed E-state index contributed by atoms with van der Waals surface area (Å²) in [6, 6.07) is 0.439. The predicted octanol–water partition coefficient (Wildman–Crippen LogP) is 0.925. The second-order valence-corrected chi connectivity index (χ2v) is 5.18. The van der Waals surface area contributed by atoms with Crippen LogP contribution in [0.4, 0.5) is 5.69 Å². The molecule has 0 bridgehead atoms. The second kappa shape index (κ2) is 5.71. The lowest BCUT2D eigenvalue weighted by Crippen LogP contribution is -2.29. The van der Waals surface area contributed by atoms with Crippen LogP contribution in [-0.4, -0.2) is 41.5 Å². The van der Waals surface area contributed by atoms with Crippen molar-refractivity contribution < 1.29 is 9.53 Å². The molecule has 2 aliphatic heterocycles. The van der Waals surface area contributed by atoms with E-state index in [-0.39, 0.29) is 12.0 Å². The van der Waals surface area contributed by atoms with E-state index in [0.717, 1.165) is 44.5 Å². The van der Waals surface area contributed by atoms with Gasteiger partial charge in [-0.05, 0) is 38.8 Å². The number of amides is 1. The molecule has 2 saturated heterocycles. The molecule has 19 heavy (non-hydrogen) atoms. The van der Waals surface area contributed by atoms with Crippen LogP contribution in [0.1, 0.15) is 31.7 Å². The first kappa shape index (κ1) is 12.6.